The lowest BCUT2D eigenvalue weighted by molar-refractivity contribution is 0.268. The van der Waals surface area contributed by atoms with Crippen molar-refractivity contribution in [3.05, 3.63) is 69.7 Å². The summed E-state index contributed by atoms with van der Waals surface area (Å²) in [4.78, 5) is 4.22. The predicted octanol–water partition coefficient (Wildman–Crippen LogP) is 5.69. The van der Waals surface area contributed by atoms with Crippen molar-refractivity contribution in [1.29, 1.82) is 0 Å². The quantitative estimate of drug-likeness (QED) is 0.538. The molecule has 0 aliphatic heterocycles. The molecule has 0 amide bonds. The van der Waals surface area contributed by atoms with Crippen molar-refractivity contribution >= 4 is 28.1 Å². The van der Waals surface area contributed by atoms with Crippen molar-refractivity contribution in [1.82, 2.24) is 4.98 Å². The van der Waals surface area contributed by atoms with E-state index in [1.165, 1.54) is 5.56 Å². The van der Waals surface area contributed by atoms with Gasteiger partial charge in [-0.3, -0.25) is 0 Å². The Morgan fingerprint density at radius 3 is 2.65 bits per heavy atom. The lowest BCUT2D eigenvalue weighted by Gasteiger charge is -2.16. The minimum Gasteiger partial charge on any atom is -0.490 e. The third-order valence-electron chi connectivity index (χ3n) is 3.92. The molecule has 3 rings (SSSR count). The molecule has 2 aromatic carbocycles. The van der Waals surface area contributed by atoms with E-state index in [-0.39, 0.29) is 0 Å². The molecule has 1 heterocycles. The number of rotatable bonds is 8. The molecule has 0 spiro atoms. The second-order valence-electron chi connectivity index (χ2n) is 5.73. The van der Waals surface area contributed by atoms with Crippen molar-refractivity contribution < 1.29 is 9.47 Å². The van der Waals surface area contributed by atoms with E-state index < -0.39 is 0 Å². The second-order valence-corrected chi connectivity index (χ2v) is 7.03. The van der Waals surface area contributed by atoms with Gasteiger partial charge in [-0.1, -0.05) is 35.9 Å². The van der Waals surface area contributed by atoms with Crippen LogP contribution in [0.2, 0.25) is 5.02 Å². The van der Waals surface area contributed by atoms with Gasteiger partial charge in [0.15, 0.2) is 16.6 Å². The first kappa shape index (κ1) is 18.5. The highest BCUT2D eigenvalue weighted by molar-refractivity contribution is 7.13. The van der Waals surface area contributed by atoms with Crippen molar-refractivity contribution in [3.8, 4) is 11.5 Å². The SMILES string of the molecule is CCOc1cc(CNc2nccs2)c(Cl)cc1OCc1ccccc1C. The van der Waals surface area contributed by atoms with Gasteiger partial charge in [-0.15, -0.1) is 11.3 Å². The van der Waals surface area contributed by atoms with Gasteiger partial charge in [0.2, 0.25) is 0 Å². The molecule has 0 unspecified atom stereocenters. The van der Waals surface area contributed by atoms with Gasteiger partial charge in [-0.25, -0.2) is 4.98 Å². The van der Waals surface area contributed by atoms with Crippen LogP contribution in [0, 0.1) is 6.92 Å². The van der Waals surface area contributed by atoms with Gasteiger partial charge in [0.05, 0.1) is 6.61 Å². The minimum atomic E-state index is 0.472. The van der Waals surface area contributed by atoms with Crippen LogP contribution in [0.25, 0.3) is 0 Å². The van der Waals surface area contributed by atoms with E-state index in [1.54, 1.807) is 17.5 Å². The van der Waals surface area contributed by atoms with Gasteiger partial charge in [0, 0.05) is 29.2 Å². The zero-order valence-electron chi connectivity index (χ0n) is 14.8. The van der Waals surface area contributed by atoms with Crippen LogP contribution in [0.15, 0.2) is 48.0 Å². The molecule has 0 fully saturated rings. The number of nitrogens with zero attached hydrogens (tertiary/aromatic N) is 1. The predicted molar refractivity (Wildman–Crippen MR) is 108 cm³/mol. The maximum absolute atomic E-state index is 6.46. The smallest absolute Gasteiger partial charge is 0.182 e. The molecule has 0 aliphatic carbocycles. The van der Waals surface area contributed by atoms with Crippen LogP contribution in [0.3, 0.4) is 0 Å². The van der Waals surface area contributed by atoms with E-state index in [9.17, 15) is 0 Å². The number of anilines is 1. The van der Waals surface area contributed by atoms with Crippen LogP contribution < -0.4 is 14.8 Å². The van der Waals surface area contributed by atoms with Gasteiger partial charge in [0.1, 0.15) is 6.61 Å². The van der Waals surface area contributed by atoms with Crippen LogP contribution in [0.4, 0.5) is 5.13 Å². The number of aryl methyl sites for hydroxylation is 1. The Balaban J connectivity index is 1.76. The molecule has 4 nitrogen and oxygen atoms in total. The Hall–Kier alpha value is -2.24. The Bertz CT molecular complexity index is 853. The molecular weight excluding hydrogens is 368 g/mol. The van der Waals surface area contributed by atoms with Gasteiger partial charge in [-0.05, 0) is 36.6 Å². The standard InChI is InChI=1S/C20H21ClN2O2S/c1-3-24-18-10-16(12-23-20-22-8-9-26-20)17(21)11-19(18)25-13-15-7-5-4-6-14(15)2/h4-11H,3,12-13H2,1-2H3,(H,22,23). The van der Waals surface area contributed by atoms with Crippen LogP contribution in [-0.4, -0.2) is 11.6 Å². The van der Waals surface area contributed by atoms with Crippen molar-refractivity contribution in [2.75, 3.05) is 11.9 Å². The molecule has 0 atom stereocenters. The molecule has 0 saturated heterocycles. The monoisotopic (exact) mass is 388 g/mol. The van der Waals surface area contributed by atoms with E-state index in [0.717, 1.165) is 16.3 Å². The summed E-state index contributed by atoms with van der Waals surface area (Å²) in [7, 11) is 0. The molecular formula is C20H21ClN2O2S. The summed E-state index contributed by atoms with van der Waals surface area (Å²) in [6, 6.07) is 11.9. The summed E-state index contributed by atoms with van der Waals surface area (Å²) in [6.45, 7) is 5.63. The van der Waals surface area contributed by atoms with Crippen LogP contribution in [0.1, 0.15) is 23.6 Å². The fraction of sp³-hybridized carbons (Fsp3) is 0.250. The van der Waals surface area contributed by atoms with Crippen LogP contribution >= 0.6 is 22.9 Å². The number of halogens is 1. The van der Waals surface area contributed by atoms with E-state index in [2.05, 4.69) is 29.4 Å². The summed E-state index contributed by atoms with van der Waals surface area (Å²) in [5, 5.41) is 6.69. The first-order chi connectivity index (χ1) is 12.7. The molecule has 136 valence electrons. The Labute approximate surface area is 162 Å². The molecule has 0 bridgehead atoms. The van der Waals surface area contributed by atoms with E-state index in [0.29, 0.717) is 36.3 Å². The van der Waals surface area contributed by atoms with Gasteiger partial charge in [0.25, 0.3) is 0 Å². The van der Waals surface area contributed by atoms with Gasteiger partial charge in [-0.2, -0.15) is 0 Å². The molecule has 1 aromatic heterocycles. The molecule has 26 heavy (non-hydrogen) atoms. The van der Waals surface area contributed by atoms with Gasteiger partial charge < -0.3 is 14.8 Å². The van der Waals surface area contributed by atoms with Crippen molar-refractivity contribution in [2.24, 2.45) is 0 Å². The first-order valence-corrected chi connectivity index (χ1v) is 9.69. The third kappa shape index (κ3) is 4.68. The average Bonchev–Trinajstić information content (AvgIpc) is 3.15. The zero-order chi connectivity index (χ0) is 18.4. The second kappa shape index (κ2) is 8.92. The fourth-order valence-electron chi connectivity index (χ4n) is 2.50. The number of ether oxygens (including phenoxy) is 2. The molecule has 0 radical (unpaired) electrons. The topological polar surface area (TPSA) is 43.4 Å². The normalized spacial score (nSPS) is 10.6. The summed E-state index contributed by atoms with van der Waals surface area (Å²) in [6.07, 6.45) is 1.77. The first-order valence-electron chi connectivity index (χ1n) is 8.43. The third-order valence-corrected chi connectivity index (χ3v) is 5.00. The Morgan fingerprint density at radius 1 is 1.12 bits per heavy atom. The van der Waals surface area contributed by atoms with Crippen molar-refractivity contribution in [2.45, 2.75) is 27.0 Å². The number of hydrogen-bond acceptors (Lipinski definition) is 5. The molecule has 3 aromatic rings. The van der Waals surface area contributed by atoms with E-state index in [4.69, 9.17) is 21.1 Å². The summed E-state index contributed by atoms with van der Waals surface area (Å²) >= 11 is 8.01. The summed E-state index contributed by atoms with van der Waals surface area (Å²) in [5.74, 6) is 1.35. The highest BCUT2D eigenvalue weighted by Gasteiger charge is 2.12. The van der Waals surface area contributed by atoms with Crippen molar-refractivity contribution in [3.63, 3.8) is 0 Å². The number of hydrogen-bond donors (Lipinski definition) is 1. The summed E-state index contributed by atoms with van der Waals surface area (Å²) in [5.41, 5.74) is 3.27. The highest BCUT2D eigenvalue weighted by atomic mass is 35.5. The van der Waals surface area contributed by atoms with E-state index >= 15 is 0 Å². The number of aromatic nitrogens is 1. The zero-order valence-corrected chi connectivity index (χ0v) is 16.4. The molecule has 0 aliphatic rings. The Morgan fingerprint density at radius 2 is 1.92 bits per heavy atom. The number of nitrogens with one attached hydrogen (secondary N) is 1. The Kier molecular flexibility index (Phi) is 6.36. The van der Waals surface area contributed by atoms with E-state index in [1.807, 2.05) is 36.6 Å². The maximum Gasteiger partial charge on any atom is 0.182 e. The van der Waals surface area contributed by atoms with Crippen LogP contribution in [0.5, 0.6) is 11.5 Å². The largest absolute Gasteiger partial charge is 0.490 e. The minimum absolute atomic E-state index is 0.472. The molecule has 6 heteroatoms. The number of benzene rings is 2. The average molecular weight is 389 g/mol. The molecule has 1 N–H and O–H groups in total. The fourth-order valence-corrected chi connectivity index (χ4v) is 3.25. The van der Waals surface area contributed by atoms with Gasteiger partial charge >= 0.3 is 0 Å². The summed E-state index contributed by atoms with van der Waals surface area (Å²) < 4.78 is 11.8. The molecule has 0 saturated carbocycles. The lowest BCUT2D eigenvalue weighted by Crippen LogP contribution is -2.04. The highest BCUT2D eigenvalue weighted by Crippen LogP contribution is 2.34. The maximum atomic E-state index is 6.46. The lowest BCUT2D eigenvalue weighted by atomic mass is 10.1. The number of thiazole rings is 1. The van der Waals surface area contributed by atoms with Crippen LogP contribution in [-0.2, 0) is 13.2 Å².